The van der Waals surface area contributed by atoms with Crippen LogP contribution in [0.1, 0.15) is 22.5 Å². The fraction of sp³-hybridized carbons (Fsp3) is 0.160. The third-order valence-electron chi connectivity index (χ3n) is 5.03. The van der Waals surface area contributed by atoms with E-state index >= 15 is 0 Å². The smallest absolute Gasteiger partial charge is 0.212 e. The molecule has 11 heteroatoms. The minimum atomic E-state index is 0.318. The molecule has 0 unspecified atom stereocenters. The number of halogens is 4. The van der Waals surface area contributed by atoms with E-state index in [1.807, 2.05) is 43.3 Å². The third-order valence-corrected chi connectivity index (χ3v) is 7.32. The number of methoxy groups -OCH3 is 1. The van der Waals surface area contributed by atoms with E-state index in [-0.39, 0.29) is 0 Å². The number of rotatable bonds is 9. The van der Waals surface area contributed by atoms with Crippen LogP contribution in [-0.2, 0) is 12.4 Å². The quantitative estimate of drug-likeness (QED) is 0.148. The van der Waals surface area contributed by atoms with E-state index < -0.39 is 0 Å². The Morgan fingerprint density at radius 3 is 2.50 bits per heavy atom. The molecule has 0 radical (unpaired) electrons. The first-order valence-electron chi connectivity index (χ1n) is 10.6. The Morgan fingerprint density at radius 2 is 1.75 bits per heavy atom. The Kier molecular flexibility index (Phi) is 9.04. The van der Waals surface area contributed by atoms with Gasteiger partial charge in [-0.3, -0.25) is 0 Å². The average molecular weight is 582 g/mol. The predicted molar refractivity (Wildman–Crippen MR) is 148 cm³/mol. The van der Waals surface area contributed by atoms with Crippen LogP contribution in [0.5, 0.6) is 11.5 Å². The van der Waals surface area contributed by atoms with E-state index in [1.54, 1.807) is 36.2 Å². The fourth-order valence-corrected chi connectivity index (χ4v) is 4.95. The van der Waals surface area contributed by atoms with Crippen LogP contribution in [0.15, 0.2) is 64.9 Å². The zero-order chi connectivity index (χ0) is 25.7. The van der Waals surface area contributed by atoms with Crippen LogP contribution >= 0.6 is 58.2 Å². The second-order valence-electron chi connectivity index (χ2n) is 7.56. The molecule has 0 aliphatic heterocycles. The zero-order valence-corrected chi connectivity index (χ0v) is 23.1. The number of aromatic nitrogens is 3. The topological polar surface area (TPSA) is 61.5 Å². The molecule has 0 saturated heterocycles. The maximum Gasteiger partial charge on any atom is 0.212 e. The van der Waals surface area contributed by atoms with Gasteiger partial charge in [-0.05, 0) is 66.1 Å². The lowest BCUT2D eigenvalue weighted by Crippen LogP contribution is -1.99. The van der Waals surface area contributed by atoms with E-state index in [9.17, 15) is 0 Å². The first-order chi connectivity index (χ1) is 17.3. The molecule has 0 N–H and O–H groups in total. The van der Waals surface area contributed by atoms with Crippen LogP contribution in [0, 0.1) is 6.92 Å². The van der Waals surface area contributed by atoms with Gasteiger partial charge in [0.15, 0.2) is 17.3 Å². The molecular formula is C25H20Cl4N4O2S. The van der Waals surface area contributed by atoms with Crippen molar-refractivity contribution in [2.24, 2.45) is 5.10 Å². The van der Waals surface area contributed by atoms with Gasteiger partial charge >= 0.3 is 0 Å². The molecule has 1 heterocycles. The van der Waals surface area contributed by atoms with Crippen molar-refractivity contribution in [1.29, 1.82) is 0 Å². The lowest BCUT2D eigenvalue weighted by atomic mass is 10.2. The molecule has 3 aromatic carbocycles. The summed E-state index contributed by atoms with van der Waals surface area (Å²) in [6, 6.07) is 16.4. The van der Waals surface area contributed by atoms with Crippen molar-refractivity contribution in [1.82, 2.24) is 14.9 Å². The SMILES string of the molecule is COc1cc(/C=N/n2c(C)nnc2SCc2ccc(Cl)cc2Cl)ccc1OCc1ccc(Cl)c(Cl)c1. The number of ether oxygens (including phenoxy) is 2. The van der Waals surface area contributed by atoms with E-state index in [1.165, 1.54) is 11.8 Å². The van der Waals surface area contributed by atoms with E-state index in [0.717, 1.165) is 16.7 Å². The van der Waals surface area contributed by atoms with Crippen molar-refractivity contribution in [3.8, 4) is 11.5 Å². The summed E-state index contributed by atoms with van der Waals surface area (Å²) in [5.41, 5.74) is 2.66. The molecule has 36 heavy (non-hydrogen) atoms. The van der Waals surface area contributed by atoms with Crippen molar-refractivity contribution in [2.75, 3.05) is 7.11 Å². The highest BCUT2D eigenvalue weighted by Crippen LogP contribution is 2.30. The maximum atomic E-state index is 6.29. The first-order valence-corrected chi connectivity index (χ1v) is 13.1. The normalized spacial score (nSPS) is 11.3. The molecule has 4 rings (SSSR count). The molecule has 4 aromatic rings. The molecule has 1 aromatic heterocycles. The Bertz CT molecular complexity index is 1410. The standard InChI is InChI=1S/C25H20Cl4N4O2S/c1-15-31-32-25(36-14-18-5-6-19(26)11-21(18)28)33(15)30-12-16-4-8-23(24(10-16)34-2)35-13-17-3-7-20(27)22(29)9-17/h3-12H,13-14H2,1-2H3/b30-12+. The Morgan fingerprint density at radius 1 is 0.917 bits per heavy atom. The number of hydrogen-bond acceptors (Lipinski definition) is 6. The summed E-state index contributed by atoms with van der Waals surface area (Å²) in [5, 5.41) is 15.8. The molecule has 0 saturated carbocycles. The molecule has 0 aliphatic rings. The van der Waals surface area contributed by atoms with Crippen molar-refractivity contribution >= 4 is 64.4 Å². The number of benzene rings is 3. The number of thioether (sulfide) groups is 1. The molecule has 6 nitrogen and oxygen atoms in total. The van der Waals surface area contributed by atoms with Crippen molar-refractivity contribution in [3.05, 3.63) is 97.2 Å². The predicted octanol–water partition coefficient (Wildman–Crippen LogP) is 7.96. The van der Waals surface area contributed by atoms with Gasteiger partial charge in [-0.25, -0.2) is 0 Å². The summed E-state index contributed by atoms with van der Waals surface area (Å²) >= 11 is 25.8. The molecule has 0 amide bonds. The van der Waals surface area contributed by atoms with E-state index in [0.29, 0.717) is 54.9 Å². The molecule has 0 aliphatic carbocycles. The molecule has 0 spiro atoms. The Balaban J connectivity index is 1.45. The molecule has 0 fully saturated rings. The van der Waals surface area contributed by atoms with Gasteiger partial charge < -0.3 is 9.47 Å². The van der Waals surface area contributed by atoms with Gasteiger partial charge in [-0.2, -0.15) is 9.78 Å². The molecule has 0 atom stereocenters. The third kappa shape index (κ3) is 6.66. The van der Waals surface area contributed by atoms with Gasteiger partial charge in [-0.15, -0.1) is 10.2 Å². The van der Waals surface area contributed by atoms with E-state index in [2.05, 4.69) is 15.3 Å². The minimum Gasteiger partial charge on any atom is -0.493 e. The Labute approximate surface area is 233 Å². The molecule has 0 bridgehead atoms. The van der Waals surface area contributed by atoms with Crippen molar-refractivity contribution in [3.63, 3.8) is 0 Å². The van der Waals surface area contributed by atoms with Gasteiger partial charge in [-0.1, -0.05) is 70.3 Å². The zero-order valence-electron chi connectivity index (χ0n) is 19.2. The summed E-state index contributed by atoms with van der Waals surface area (Å²) in [4.78, 5) is 0. The number of nitrogens with zero attached hydrogens (tertiary/aromatic N) is 4. The summed E-state index contributed by atoms with van der Waals surface area (Å²) < 4.78 is 13.1. The number of hydrogen-bond donors (Lipinski definition) is 0. The average Bonchev–Trinajstić information content (AvgIpc) is 3.22. The van der Waals surface area contributed by atoms with Gasteiger partial charge in [0.2, 0.25) is 5.16 Å². The van der Waals surface area contributed by atoms with Crippen LogP contribution in [0.4, 0.5) is 0 Å². The lowest BCUT2D eigenvalue weighted by Gasteiger charge is -2.12. The maximum absolute atomic E-state index is 6.29. The van der Waals surface area contributed by atoms with Gasteiger partial charge in [0.1, 0.15) is 6.61 Å². The minimum absolute atomic E-state index is 0.318. The second kappa shape index (κ2) is 12.2. The largest absolute Gasteiger partial charge is 0.493 e. The van der Waals surface area contributed by atoms with Crippen LogP contribution in [0.2, 0.25) is 20.1 Å². The highest BCUT2D eigenvalue weighted by atomic mass is 35.5. The number of aryl methyl sites for hydroxylation is 1. The first kappa shape index (κ1) is 26.6. The van der Waals surface area contributed by atoms with Gasteiger partial charge in [0.25, 0.3) is 0 Å². The Hall–Kier alpha value is -2.42. The van der Waals surface area contributed by atoms with E-state index in [4.69, 9.17) is 55.9 Å². The summed E-state index contributed by atoms with van der Waals surface area (Å²) in [6.07, 6.45) is 1.71. The summed E-state index contributed by atoms with van der Waals surface area (Å²) in [5.74, 6) is 2.43. The highest BCUT2D eigenvalue weighted by Gasteiger charge is 2.11. The molecule has 186 valence electrons. The van der Waals surface area contributed by atoms with Gasteiger partial charge in [0, 0.05) is 15.8 Å². The van der Waals surface area contributed by atoms with Gasteiger partial charge in [0.05, 0.1) is 23.4 Å². The monoisotopic (exact) mass is 580 g/mol. The molecular weight excluding hydrogens is 562 g/mol. The van der Waals surface area contributed by atoms with Crippen LogP contribution in [0.25, 0.3) is 0 Å². The lowest BCUT2D eigenvalue weighted by molar-refractivity contribution is 0.284. The highest BCUT2D eigenvalue weighted by molar-refractivity contribution is 7.98. The second-order valence-corrected chi connectivity index (χ2v) is 10.2. The summed E-state index contributed by atoms with van der Waals surface area (Å²) in [7, 11) is 1.59. The van der Waals surface area contributed by atoms with Crippen LogP contribution < -0.4 is 9.47 Å². The summed E-state index contributed by atoms with van der Waals surface area (Å²) in [6.45, 7) is 2.16. The van der Waals surface area contributed by atoms with Crippen LogP contribution in [-0.4, -0.2) is 28.2 Å². The fourth-order valence-electron chi connectivity index (χ4n) is 3.14. The van der Waals surface area contributed by atoms with Crippen LogP contribution in [0.3, 0.4) is 0 Å². The van der Waals surface area contributed by atoms with Crippen molar-refractivity contribution < 1.29 is 9.47 Å². The van der Waals surface area contributed by atoms with Crippen molar-refractivity contribution in [2.45, 2.75) is 24.4 Å².